The predicted molar refractivity (Wildman–Crippen MR) is 60.9 cm³/mol. The molecule has 0 saturated heterocycles. The minimum atomic E-state index is 0.175. The van der Waals surface area contributed by atoms with Crippen LogP contribution in [0.3, 0.4) is 0 Å². The molecule has 1 aromatic carbocycles. The topological polar surface area (TPSA) is 41.6 Å². The summed E-state index contributed by atoms with van der Waals surface area (Å²) in [4.78, 5) is 0. The van der Waals surface area contributed by atoms with Gasteiger partial charge in [-0.25, -0.2) is 5.01 Å². The van der Waals surface area contributed by atoms with Crippen LogP contribution in [0, 0.1) is 0 Å². The molecule has 72 valence electrons. The summed E-state index contributed by atoms with van der Waals surface area (Å²) in [5, 5.41) is 6.15. The van der Waals surface area contributed by atoms with E-state index in [2.05, 4.69) is 17.2 Å². The Bertz CT molecular complexity index is 361. The lowest BCUT2D eigenvalue weighted by atomic mass is 10.1. The van der Waals surface area contributed by atoms with E-state index in [1.807, 2.05) is 24.4 Å². The van der Waals surface area contributed by atoms with Gasteiger partial charge in [-0.15, -0.1) is 0 Å². The van der Waals surface area contributed by atoms with Crippen molar-refractivity contribution in [2.45, 2.75) is 12.5 Å². The summed E-state index contributed by atoms with van der Waals surface area (Å²) in [5.41, 5.74) is 6.76. The Balaban J connectivity index is 2.24. The monoisotopic (exact) mass is 205 g/mol. The zero-order chi connectivity index (χ0) is 9.97. The minimum absolute atomic E-state index is 0.175. The van der Waals surface area contributed by atoms with Crippen molar-refractivity contribution in [2.24, 2.45) is 10.8 Å². The van der Waals surface area contributed by atoms with E-state index in [0.717, 1.165) is 6.42 Å². The van der Waals surface area contributed by atoms with E-state index in [1.54, 1.807) is 5.01 Å². The highest BCUT2D eigenvalue weighted by Crippen LogP contribution is 2.27. The van der Waals surface area contributed by atoms with Gasteiger partial charge < -0.3 is 5.73 Å². The number of nitrogens with zero attached hydrogens (tertiary/aromatic N) is 2. The summed E-state index contributed by atoms with van der Waals surface area (Å²) >= 11 is 4.92. The molecule has 1 aliphatic heterocycles. The van der Waals surface area contributed by atoms with Crippen molar-refractivity contribution in [1.29, 1.82) is 0 Å². The Morgan fingerprint density at radius 1 is 1.43 bits per heavy atom. The second-order valence-electron chi connectivity index (χ2n) is 3.14. The zero-order valence-corrected chi connectivity index (χ0v) is 8.45. The fraction of sp³-hybridized carbons (Fsp3) is 0.200. The highest BCUT2D eigenvalue weighted by molar-refractivity contribution is 7.80. The van der Waals surface area contributed by atoms with E-state index in [0.29, 0.717) is 5.11 Å². The van der Waals surface area contributed by atoms with Gasteiger partial charge in [0.05, 0.1) is 6.04 Å². The molecule has 0 fully saturated rings. The molecule has 3 nitrogen and oxygen atoms in total. The van der Waals surface area contributed by atoms with Crippen LogP contribution in [-0.4, -0.2) is 16.3 Å². The van der Waals surface area contributed by atoms with Crippen LogP contribution in [0.2, 0.25) is 0 Å². The average molecular weight is 205 g/mol. The number of hydrogen-bond acceptors (Lipinski definition) is 2. The van der Waals surface area contributed by atoms with Crippen LogP contribution in [0.25, 0.3) is 0 Å². The maximum absolute atomic E-state index is 5.57. The molecule has 0 aliphatic carbocycles. The molecule has 1 aliphatic rings. The van der Waals surface area contributed by atoms with Crippen molar-refractivity contribution in [2.75, 3.05) is 0 Å². The van der Waals surface area contributed by atoms with Gasteiger partial charge in [0.15, 0.2) is 5.11 Å². The van der Waals surface area contributed by atoms with Crippen molar-refractivity contribution in [1.82, 2.24) is 5.01 Å². The van der Waals surface area contributed by atoms with Crippen LogP contribution in [0.4, 0.5) is 0 Å². The highest BCUT2D eigenvalue weighted by Gasteiger charge is 2.23. The number of nitrogens with two attached hydrogens (primary N) is 1. The maximum Gasteiger partial charge on any atom is 0.187 e. The van der Waals surface area contributed by atoms with E-state index in [-0.39, 0.29) is 6.04 Å². The van der Waals surface area contributed by atoms with E-state index in [4.69, 9.17) is 18.0 Å². The Morgan fingerprint density at radius 3 is 2.79 bits per heavy atom. The summed E-state index contributed by atoms with van der Waals surface area (Å²) in [6, 6.07) is 10.3. The lowest BCUT2D eigenvalue weighted by molar-refractivity contribution is 0.373. The second kappa shape index (κ2) is 3.75. The van der Waals surface area contributed by atoms with Crippen molar-refractivity contribution < 1.29 is 0 Å². The summed E-state index contributed by atoms with van der Waals surface area (Å²) < 4.78 is 0. The summed E-state index contributed by atoms with van der Waals surface area (Å²) in [5.74, 6) is 0. The first-order valence-electron chi connectivity index (χ1n) is 4.45. The van der Waals surface area contributed by atoms with Crippen LogP contribution < -0.4 is 5.73 Å². The lowest BCUT2D eigenvalue weighted by Gasteiger charge is -2.21. The molecule has 2 rings (SSSR count). The van der Waals surface area contributed by atoms with E-state index >= 15 is 0 Å². The largest absolute Gasteiger partial charge is 0.375 e. The minimum Gasteiger partial charge on any atom is -0.375 e. The summed E-state index contributed by atoms with van der Waals surface area (Å²) in [6.07, 6.45) is 2.71. The number of thiocarbonyl (C=S) groups is 1. The third-order valence-corrected chi connectivity index (χ3v) is 2.43. The first-order valence-corrected chi connectivity index (χ1v) is 4.86. The number of rotatable bonds is 1. The standard InChI is InChI=1S/C10H11N3S/c11-10(14)13-9(6-7-12-13)8-4-2-1-3-5-8/h1-5,7,9H,6H2,(H2,11,14)/t9-/m0/s1. The maximum atomic E-state index is 5.57. The normalized spacial score (nSPS) is 20.0. The third kappa shape index (κ3) is 1.61. The van der Waals surface area contributed by atoms with Gasteiger partial charge >= 0.3 is 0 Å². The van der Waals surface area contributed by atoms with Crippen LogP contribution in [0.5, 0.6) is 0 Å². The van der Waals surface area contributed by atoms with Crippen LogP contribution in [0.1, 0.15) is 18.0 Å². The molecule has 1 atom stereocenters. The molecule has 4 heteroatoms. The summed E-state index contributed by atoms with van der Waals surface area (Å²) in [7, 11) is 0. The first kappa shape index (κ1) is 9.15. The quantitative estimate of drug-likeness (QED) is 0.709. The molecule has 0 radical (unpaired) electrons. The Kier molecular flexibility index (Phi) is 2.45. The number of benzene rings is 1. The molecule has 2 N–H and O–H groups in total. The van der Waals surface area contributed by atoms with Gasteiger partial charge in [-0.3, -0.25) is 0 Å². The summed E-state index contributed by atoms with van der Waals surface area (Å²) in [6.45, 7) is 0. The molecule has 0 unspecified atom stereocenters. The van der Waals surface area contributed by atoms with Crippen molar-refractivity contribution in [3.8, 4) is 0 Å². The molecular formula is C10H11N3S. The lowest BCUT2D eigenvalue weighted by Crippen LogP contribution is -2.31. The molecular weight excluding hydrogens is 194 g/mol. The first-order chi connectivity index (χ1) is 6.79. The van der Waals surface area contributed by atoms with Gasteiger partial charge in [0.1, 0.15) is 0 Å². The SMILES string of the molecule is NC(=S)N1N=CC[C@H]1c1ccccc1. The molecule has 1 aromatic rings. The zero-order valence-electron chi connectivity index (χ0n) is 7.63. The predicted octanol–water partition coefficient (Wildman–Crippen LogP) is 1.66. The van der Waals surface area contributed by atoms with Gasteiger partial charge in [0, 0.05) is 12.6 Å². The number of hydrazone groups is 1. The van der Waals surface area contributed by atoms with Gasteiger partial charge in [0.25, 0.3) is 0 Å². The van der Waals surface area contributed by atoms with Gasteiger partial charge in [-0.1, -0.05) is 30.3 Å². The Morgan fingerprint density at radius 2 is 2.14 bits per heavy atom. The molecule has 1 heterocycles. The fourth-order valence-corrected chi connectivity index (χ4v) is 1.75. The highest BCUT2D eigenvalue weighted by atomic mass is 32.1. The van der Waals surface area contributed by atoms with E-state index in [1.165, 1.54) is 5.56 Å². The van der Waals surface area contributed by atoms with Crippen molar-refractivity contribution in [3.63, 3.8) is 0 Å². The Hall–Kier alpha value is -1.42. The molecule has 14 heavy (non-hydrogen) atoms. The fourth-order valence-electron chi connectivity index (χ4n) is 1.58. The number of hydrogen-bond donors (Lipinski definition) is 1. The smallest absolute Gasteiger partial charge is 0.187 e. The van der Waals surface area contributed by atoms with Crippen LogP contribution in [-0.2, 0) is 0 Å². The van der Waals surface area contributed by atoms with Gasteiger partial charge in [0.2, 0.25) is 0 Å². The third-order valence-electron chi connectivity index (χ3n) is 2.24. The molecule has 0 saturated carbocycles. The molecule has 0 spiro atoms. The molecule has 0 bridgehead atoms. The van der Waals surface area contributed by atoms with Crippen LogP contribution >= 0.6 is 12.2 Å². The Labute approximate surface area is 88.2 Å². The van der Waals surface area contributed by atoms with E-state index in [9.17, 15) is 0 Å². The second-order valence-corrected chi connectivity index (χ2v) is 3.56. The average Bonchev–Trinajstić information content (AvgIpc) is 2.67. The van der Waals surface area contributed by atoms with Gasteiger partial charge in [-0.2, -0.15) is 5.10 Å². The van der Waals surface area contributed by atoms with Crippen LogP contribution in [0.15, 0.2) is 35.4 Å². The van der Waals surface area contributed by atoms with Gasteiger partial charge in [-0.05, 0) is 17.8 Å². The van der Waals surface area contributed by atoms with Crippen molar-refractivity contribution >= 4 is 23.5 Å². The molecule has 0 amide bonds. The van der Waals surface area contributed by atoms with E-state index < -0.39 is 0 Å². The molecule has 0 aromatic heterocycles. The van der Waals surface area contributed by atoms with Crippen molar-refractivity contribution in [3.05, 3.63) is 35.9 Å².